The average Bonchev–Trinajstić information content (AvgIpc) is 2.78. The molecule has 2 aliphatic heterocycles. The largest absolute Gasteiger partial charge is 0.463 e. The van der Waals surface area contributed by atoms with Crippen molar-refractivity contribution >= 4 is 17.5 Å². The third kappa shape index (κ3) is 2.71. The lowest BCUT2D eigenvalue weighted by molar-refractivity contribution is -0.298. The molecule has 30 heavy (non-hydrogen) atoms. The standard InChI is InChI=1S/C22H26O8/c1-5-28-19(25)22(27)17-8-13-6-11(2)29-21(10-14(23)7-12(3)30-21)16(13)9-15(17)18(24)20(22,4)26/h8-9,11-12,26-27H,5-7,10H2,1-4H3/t11-,12-,20?,21?,22?/m1/s1. The lowest BCUT2D eigenvalue weighted by Gasteiger charge is -2.45. The summed E-state index contributed by atoms with van der Waals surface area (Å²) in [7, 11) is 0. The minimum Gasteiger partial charge on any atom is -0.463 e. The second-order valence-electron chi connectivity index (χ2n) is 8.62. The molecular weight excluding hydrogens is 392 g/mol. The minimum atomic E-state index is -2.53. The van der Waals surface area contributed by atoms with Gasteiger partial charge < -0.3 is 24.4 Å². The molecule has 8 nitrogen and oxygen atoms in total. The van der Waals surface area contributed by atoms with Crippen LogP contribution in [0.15, 0.2) is 12.1 Å². The number of rotatable bonds is 2. The second kappa shape index (κ2) is 6.68. The number of Topliss-reactive ketones (excluding diaryl/α,β-unsaturated/α-hetero) is 2. The van der Waals surface area contributed by atoms with Crippen LogP contribution >= 0.6 is 0 Å². The zero-order valence-electron chi connectivity index (χ0n) is 17.5. The molecule has 3 unspecified atom stereocenters. The molecule has 1 aliphatic carbocycles. The molecule has 162 valence electrons. The maximum absolute atomic E-state index is 13.0. The number of aliphatic hydroxyl groups is 2. The molecule has 4 rings (SSSR count). The summed E-state index contributed by atoms with van der Waals surface area (Å²) in [4.78, 5) is 38.0. The normalized spacial score (nSPS) is 37.8. The van der Waals surface area contributed by atoms with Crippen LogP contribution in [0.1, 0.15) is 67.6 Å². The van der Waals surface area contributed by atoms with Crippen molar-refractivity contribution in [3.63, 3.8) is 0 Å². The second-order valence-corrected chi connectivity index (χ2v) is 8.62. The van der Waals surface area contributed by atoms with Gasteiger partial charge in [0.15, 0.2) is 11.4 Å². The number of benzene rings is 1. The summed E-state index contributed by atoms with van der Waals surface area (Å²) >= 11 is 0. The Hall–Kier alpha value is -2.13. The highest BCUT2D eigenvalue weighted by Gasteiger charge is 2.65. The molecule has 0 aromatic heterocycles. The monoisotopic (exact) mass is 418 g/mol. The molecule has 3 aliphatic rings. The third-order valence-electron chi connectivity index (χ3n) is 6.24. The first-order valence-electron chi connectivity index (χ1n) is 10.2. The number of carbonyl (C=O) groups is 3. The molecular formula is C22H26O8. The number of fused-ring (bicyclic) bond motifs is 3. The van der Waals surface area contributed by atoms with E-state index < -0.39 is 28.7 Å². The van der Waals surface area contributed by atoms with E-state index in [1.807, 2.05) is 6.92 Å². The fourth-order valence-electron chi connectivity index (χ4n) is 4.92. The van der Waals surface area contributed by atoms with Gasteiger partial charge >= 0.3 is 5.97 Å². The van der Waals surface area contributed by atoms with Gasteiger partial charge in [0.1, 0.15) is 5.78 Å². The highest BCUT2D eigenvalue weighted by molar-refractivity contribution is 6.13. The van der Waals surface area contributed by atoms with Crippen molar-refractivity contribution < 1.29 is 38.8 Å². The number of hydrogen-bond donors (Lipinski definition) is 2. The van der Waals surface area contributed by atoms with Crippen LogP contribution in [0.5, 0.6) is 0 Å². The van der Waals surface area contributed by atoms with Gasteiger partial charge in [-0.15, -0.1) is 0 Å². The summed E-state index contributed by atoms with van der Waals surface area (Å²) < 4.78 is 17.2. The Bertz CT molecular complexity index is 951. The molecule has 2 heterocycles. The van der Waals surface area contributed by atoms with Crippen molar-refractivity contribution in [1.82, 2.24) is 0 Å². The van der Waals surface area contributed by atoms with Crippen LogP contribution in [0, 0.1) is 0 Å². The molecule has 0 amide bonds. The molecule has 0 bridgehead atoms. The lowest BCUT2D eigenvalue weighted by Crippen LogP contribution is -2.55. The Balaban J connectivity index is 1.93. The van der Waals surface area contributed by atoms with Gasteiger partial charge in [0, 0.05) is 23.1 Å². The number of esters is 1. The first kappa shape index (κ1) is 21.1. The fraction of sp³-hybridized carbons (Fsp3) is 0.591. The van der Waals surface area contributed by atoms with E-state index >= 15 is 0 Å². The van der Waals surface area contributed by atoms with E-state index in [-0.39, 0.29) is 48.6 Å². The van der Waals surface area contributed by atoms with E-state index in [0.29, 0.717) is 17.5 Å². The molecule has 1 aromatic carbocycles. The van der Waals surface area contributed by atoms with Crippen molar-refractivity contribution in [3.05, 3.63) is 34.4 Å². The molecule has 1 aromatic rings. The van der Waals surface area contributed by atoms with Crippen molar-refractivity contribution in [3.8, 4) is 0 Å². The van der Waals surface area contributed by atoms with Crippen molar-refractivity contribution in [2.45, 2.75) is 76.2 Å². The quantitative estimate of drug-likeness (QED) is 0.689. The number of ketones is 2. The average molecular weight is 418 g/mol. The third-order valence-corrected chi connectivity index (χ3v) is 6.24. The summed E-state index contributed by atoms with van der Waals surface area (Å²) in [5.74, 6) is -3.25. The Labute approximate surface area is 174 Å². The zero-order chi connectivity index (χ0) is 22.1. The predicted octanol–water partition coefficient (Wildman–Crippen LogP) is 1.27. The van der Waals surface area contributed by atoms with Crippen LogP contribution in [0.4, 0.5) is 0 Å². The maximum atomic E-state index is 13.0. The summed E-state index contributed by atoms with van der Waals surface area (Å²) in [5, 5.41) is 22.1. The Kier molecular flexibility index (Phi) is 4.70. The first-order chi connectivity index (χ1) is 14.0. The van der Waals surface area contributed by atoms with Crippen molar-refractivity contribution in [1.29, 1.82) is 0 Å². The fourth-order valence-corrected chi connectivity index (χ4v) is 4.92. The highest BCUT2D eigenvalue weighted by atomic mass is 16.7. The van der Waals surface area contributed by atoms with E-state index in [9.17, 15) is 24.6 Å². The van der Waals surface area contributed by atoms with Gasteiger partial charge in [-0.2, -0.15) is 0 Å². The van der Waals surface area contributed by atoms with Crippen molar-refractivity contribution in [2.24, 2.45) is 0 Å². The van der Waals surface area contributed by atoms with Crippen LogP contribution < -0.4 is 0 Å². The van der Waals surface area contributed by atoms with Gasteiger partial charge in [0.2, 0.25) is 11.4 Å². The smallest absolute Gasteiger partial charge is 0.346 e. The van der Waals surface area contributed by atoms with E-state index in [1.165, 1.54) is 12.1 Å². The van der Waals surface area contributed by atoms with Crippen LogP contribution in [0.3, 0.4) is 0 Å². The van der Waals surface area contributed by atoms with Crippen molar-refractivity contribution in [2.75, 3.05) is 6.61 Å². The minimum absolute atomic E-state index is 0.000193. The lowest BCUT2D eigenvalue weighted by atomic mass is 9.81. The summed E-state index contributed by atoms with van der Waals surface area (Å²) in [5.41, 5.74) is -3.76. The molecule has 8 heteroatoms. The molecule has 0 saturated carbocycles. The highest BCUT2D eigenvalue weighted by Crippen LogP contribution is 2.50. The summed E-state index contributed by atoms with van der Waals surface area (Å²) in [6.45, 7) is 6.27. The van der Waals surface area contributed by atoms with Gasteiger partial charge in [-0.3, -0.25) is 9.59 Å². The molecule has 0 radical (unpaired) electrons. The molecule has 1 spiro atoms. The first-order valence-corrected chi connectivity index (χ1v) is 10.2. The predicted molar refractivity (Wildman–Crippen MR) is 103 cm³/mol. The topological polar surface area (TPSA) is 119 Å². The van der Waals surface area contributed by atoms with Crippen LogP contribution in [0.25, 0.3) is 0 Å². The molecule has 5 atom stereocenters. The van der Waals surface area contributed by atoms with Gasteiger partial charge in [-0.05, 0) is 45.7 Å². The maximum Gasteiger partial charge on any atom is 0.346 e. The molecule has 2 N–H and O–H groups in total. The van der Waals surface area contributed by atoms with Gasteiger partial charge in [-0.1, -0.05) is 6.07 Å². The van der Waals surface area contributed by atoms with Gasteiger partial charge in [0.05, 0.1) is 25.2 Å². The van der Waals surface area contributed by atoms with E-state index in [0.717, 1.165) is 6.92 Å². The zero-order valence-corrected chi connectivity index (χ0v) is 17.5. The van der Waals surface area contributed by atoms with E-state index in [4.69, 9.17) is 14.2 Å². The van der Waals surface area contributed by atoms with Crippen LogP contribution in [-0.4, -0.2) is 52.2 Å². The molecule has 1 fully saturated rings. The Morgan fingerprint density at radius 2 is 1.77 bits per heavy atom. The molecule has 1 saturated heterocycles. The van der Waals surface area contributed by atoms with E-state index in [1.54, 1.807) is 13.8 Å². The van der Waals surface area contributed by atoms with E-state index in [2.05, 4.69) is 0 Å². The van der Waals surface area contributed by atoms with Crippen LogP contribution in [-0.2, 0) is 41.6 Å². The summed E-state index contributed by atoms with van der Waals surface area (Å²) in [6.07, 6.45) is 0.0248. The van der Waals surface area contributed by atoms with Gasteiger partial charge in [0.25, 0.3) is 0 Å². The number of hydrogen-bond acceptors (Lipinski definition) is 8. The van der Waals surface area contributed by atoms with Crippen LogP contribution in [0.2, 0.25) is 0 Å². The number of ether oxygens (including phenoxy) is 3. The number of carbonyl (C=O) groups excluding carboxylic acids is 3. The Morgan fingerprint density at radius 3 is 2.37 bits per heavy atom. The summed E-state index contributed by atoms with van der Waals surface area (Å²) in [6, 6.07) is 3.02. The SMILES string of the molecule is CCOC(=O)C1(O)c2cc3c(cc2C(=O)C1(C)O)C1(CC(=O)C[C@@H](C)O1)O[C@H](C)C3. The Morgan fingerprint density at radius 1 is 1.13 bits per heavy atom. The van der Waals surface area contributed by atoms with Gasteiger partial charge in [-0.25, -0.2) is 4.79 Å².